The van der Waals surface area contributed by atoms with Gasteiger partial charge in [0.25, 0.3) is 0 Å². The van der Waals surface area contributed by atoms with E-state index >= 15 is 0 Å². The zero-order chi connectivity index (χ0) is 32.1. The molecule has 0 aromatic heterocycles. The zero-order valence-electron chi connectivity index (χ0n) is 27.8. The number of carboxylic acids is 2. The Bertz CT molecular complexity index is 747. The molecule has 43 heavy (non-hydrogen) atoms. The van der Waals surface area contributed by atoms with Crippen molar-refractivity contribution in [2.24, 2.45) is 0 Å². The second-order valence-corrected chi connectivity index (χ2v) is 11.3. The number of carboxylic acid groups (broad SMARTS) is 2. The smallest absolute Gasteiger partial charge is 0.303 e. The van der Waals surface area contributed by atoms with Crippen LogP contribution in [0.2, 0.25) is 0 Å². The minimum absolute atomic E-state index is 0.172. The number of aliphatic hydroxyl groups is 1. The first-order valence-corrected chi connectivity index (χ1v) is 17.3. The van der Waals surface area contributed by atoms with Crippen molar-refractivity contribution in [2.45, 2.75) is 168 Å². The summed E-state index contributed by atoms with van der Waals surface area (Å²) in [6, 6.07) is 0. The molecule has 0 aliphatic carbocycles. The predicted molar refractivity (Wildman–Crippen MR) is 185 cm³/mol. The maximum Gasteiger partial charge on any atom is 0.303 e. The third kappa shape index (κ3) is 44.2. The summed E-state index contributed by atoms with van der Waals surface area (Å²) in [5, 5.41) is 26.8. The van der Waals surface area contributed by atoms with Crippen molar-refractivity contribution < 1.29 is 24.9 Å². The maximum atomic E-state index is 10.3. The van der Waals surface area contributed by atoms with Gasteiger partial charge in [-0.25, -0.2) is 0 Å². The standard InChI is InChI=1S/C20H32O2.C18H34O3/c1-2-3-4-5-6-7-8-9-10-11-12-13-14-15-16-17-18-19-20(21)22;1-2-3-4-11-14-17(19)15-12-9-7-5-6-8-10-13-16-18(20)21/h6-7,9-10,12-13,15-16H,2-5,8,11,14,17-19H2,1H3,(H,21,22);9,12,17,19H,2-8,10-11,13-16H2,1H3,(H,20,21)/b7-6-,10-9-,13-12-,16-15-;12-9-/t;17-/m.1/s1. The Kier molecular flexibility index (Phi) is 37.4. The van der Waals surface area contributed by atoms with Crippen LogP contribution < -0.4 is 0 Å². The highest BCUT2D eigenvalue weighted by molar-refractivity contribution is 5.66. The molecule has 248 valence electrons. The van der Waals surface area contributed by atoms with Crippen molar-refractivity contribution in [3.8, 4) is 0 Å². The van der Waals surface area contributed by atoms with Gasteiger partial charge in [0, 0.05) is 12.8 Å². The lowest BCUT2D eigenvalue weighted by Gasteiger charge is -2.07. The number of aliphatic hydroxyl groups excluding tert-OH is 1. The van der Waals surface area contributed by atoms with Crippen molar-refractivity contribution >= 4 is 11.9 Å². The Balaban J connectivity index is 0. The molecule has 0 saturated carbocycles. The van der Waals surface area contributed by atoms with E-state index in [9.17, 15) is 14.7 Å². The third-order valence-corrected chi connectivity index (χ3v) is 6.95. The summed E-state index contributed by atoms with van der Waals surface area (Å²) in [5.41, 5.74) is 0. The summed E-state index contributed by atoms with van der Waals surface area (Å²) in [6.07, 6.45) is 44.7. The molecule has 0 aromatic carbocycles. The molecule has 0 rings (SSSR count). The number of hydrogen-bond acceptors (Lipinski definition) is 3. The first kappa shape index (κ1) is 42.7. The molecule has 0 aliphatic heterocycles. The van der Waals surface area contributed by atoms with E-state index in [4.69, 9.17) is 10.2 Å². The van der Waals surface area contributed by atoms with Crippen LogP contribution in [0.3, 0.4) is 0 Å². The van der Waals surface area contributed by atoms with Gasteiger partial charge >= 0.3 is 11.9 Å². The van der Waals surface area contributed by atoms with E-state index in [2.05, 4.69) is 74.6 Å². The average Bonchev–Trinajstić information content (AvgIpc) is 2.98. The van der Waals surface area contributed by atoms with E-state index in [-0.39, 0.29) is 12.5 Å². The predicted octanol–water partition coefficient (Wildman–Crippen LogP) is 11.3. The highest BCUT2D eigenvalue weighted by atomic mass is 16.4. The summed E-state index contributed by atoms with van der Waals surface area (Å²) in [7, 11) is 0. The van der Waals surface area contributed by atoms with Crippen molar-refractivity contribution in [2.75, 3.05) is 0 Å². The lowest BCUT2D eigenvalue weighted by Crippen LogP contribution is -2.04. The molecule has 0 heterocycles. The summed E-state index contributed by atoms with van der Waals surface area (Å²) in [4.78, 5) is 20.6. The fraction of sp³-hybridized carbons (Fsp3) is 0.684. The van der Waals surface area contributed by atoms with E-state index in [0.29, 0.717) is 6.42 Å². The van der Waals surface area contributed by atoms with Gasteiger partial charge in [0.1, 0.15) is 0 Å². The average molecular weight is 603 g/mol. The molecule has 0 spiro atoms. The summed E-state index contributed by atoms with van der Waals surface area (Å²) in [5.74, 6) is -1.40. The van der Waals surface area contributed by atoms with Crippen molar-refractivity contribution in [1.82, 2.24) is 0 Å². The molecule has 0 amide bonds. The molecule has 3 N–H and O–H groups in total. The number of carbonyl (C=O) groups is 2. The van der Waals surface area contributed by atoms with Crippen molar-refractivity contribution in [3.63, 3.8) is 0 Å². The van der Waals surface area contributed by atoms with Gasteiger partial charge in [-0.2, -0.15) is 0 Å². The molecule has 5 heteroatoms. The van der Waals surface area contributed by atoms with Crippen LogP contribution in [0.5, 0.6) is 0 Å². The van der Waals surface area contributed by atoms with Crippen LogP contribution in [0.4, 0.5) is 0 Å². The van der Waals surface area contributed by atoms with Gasteiger partial charge in [-0.15, -0.1) is 0 Å². The zero-order valence-corrected chi connectivity index (χ0v) is 27.8. The van der Waals surface area contributed by atoms with Gasteiger partial charge < -0.3 is 15.3 Å². The number of hydrogen-bond donors (Lipinski definition) is 3. The van der Waals surface area contributed by atoms with Crippen molar-refractivity contribution in [1.29, 1.82) is 0 Å². The Hall–Kier alpha value is -2.40. The molecule has 0 aromatic rings. The molecular formula is C38H66O5. The van der Waals surface area contributed by atoms with Gasteiger partial charge in [0.2, 0.25) is 0 Å². The number of aliphatic carboxylic acids is 2. The Morgan fingerprint density at radius 1 is 0.488 bits per heavy atom. The number of rotatable bonds is 29. The van der Waals surface area contributed by atoms with Gasteiger partial charge in [-0.3, -0.25) is 9.59 Å². The lowest BCUT2D eigenvalue weighted by atomic mass is 10.1. The van der Waals surface area contributed by atoms with E-state index in [1.54, 1.807) is 0 Å². The molecular weight excluding hydrogens is 536 g/mol. The molecule has 0 fully saturated rings. The maximum absolute atomic E-state index is 10.3. The SMILES string of the molecule is CCCCC/C=C\C/C=C\C/C=C\C/C=C\CCCC(=O)O.CCCCCC[C@@H](O)C/C=C\CCCCCCCC(=O)O. The van der Waals surface area contributed by atoms with E-state index in [1.165, 1.54) is 51.4 Å². The quantitative estimate of drug-likeness (QED) is 0.0584. The van der Waals surface area contributed by atoms with Gasteiger partial charge in [0.15, 0.2) is 0 Å². The monoisotopic (exact) mass is 602 g/mol. The topological polar surface area (TPSA) is 94.8 Å². The molecule has 0 unspecified atom stereocenters. The molecule has 0 aliphatic rings. The first-order chi connectivity index (χ1) is 20.9. The second kappa shape index (κ2) is 37.6. The van der Waals surface area contributed by atoms with Crippen LogP contribution in [-0.4, -0.2) is 33.4 Å². The summed E-state index contributed by atoms with van der Waals surface area (Å²) >= 11 is 0. The number of allylic oxidation sites excluding steroid dienone is 9. The summed E-state index contributed by atoms with van der Waals surface area (Å²) < 4.78 is 0. The molecule has 0 bridgehead atoms. The van der Waals surface area contributed by atoms with Gasteiger partial charge in [0.05, 0.1) is 6.10 Å². The Labute approximate surface area is 265 Å². The highest BCUT2D eigenvalue weighted by Crippen LogP contribution is 2.10. The fourth-order valence-corrected chi connectivity index (χ4v) is 4.30. The highest BCUT2D eigenvalue weighted by Gasteiger charge is 2.01. The van der Waals surface area contributed by atoms with Crippen LogP contribution >= 0.6 is 0 Å². The normalized spacial score (nSPS) is 12.6. The second-order valence-electron chi connectivity index (χ2n) is 11.3. The molecule has 1 atom stereocenters. The fourth-order valence-electron chi connectivity index (χ4n) is 4.30. The Morgan fingerprint density at radius 2 is 0.884 bits per heavy atom. The van der Waals surface area contributed by atoms with Crippen LogP contribution in [0.1, 0.15) is 162 Å². The van der Waals surface area contributed by atoms with E-state index < -0.39 is 11.9 Å². The van der Waals surface area contributed by atoms with E-state index in [0.717, 1.165) is 83.5 Å². The largest absolute Gasteiger partial charge is 0.481 e. The van der Waals surface area contributed by atoms with Crippen LogP contribution in [0.15, 0.2) is 60.8 Å². The number of unbranched alkanes of at least 4 members (excludes halogenated alkanes) is 12. The van der Waals surface area contributed by atoms with Crippen LogP contribution in [-0.2, 0) is 9.59 Å². The van der Waals surface area contributed by atoms with Gasteiger partial charge in [-0.05, 0) is 77.0 Å². The van der Waals surface area contributed by atoms with Crippen LogP contribution in [0, 0.1) is 0 Å². The minimum atomic E-state index is -0.712. The van der Waals surface area contributed by atoms with E-state index in [1.807, 2.05) is 0 Å². The lowest BCUT2D eigenvalue weighted by molar-refractivity contribution is -0.138. The summed E-state index contributed by atoms with van der Waals surface area (Å²) in [6.45, 7) is 4.43. The van der Waals surface area contributed by atoms with Crippen molar-refractivity contribution in [3.05, 3.63) is 60.8 Å². The molecule has 0 saturated heterocycles. The first-order valence-electron chi connectivity index (χ1n) is 17.3. The minimum Gasteiger partial charge on any atom is -0.481 e. The van der Waals surface area contributed by atoms with Gasteiger partial charge in [-0.1, -0.05) is 132 Å². The molecule has 0 radical (unpaired) electrons. The van der Waals surface area contributed by atoms with Crippen LogP contribution in [0.25, 0.3) is 0 Å². The Morgan fingerprint density at radius 3 is 1.44 bits per heavy atom. The third-order valence-electron chi connectivity index (χ3n) is 6.95. The molecule has 5 nitrogen and oxygen atoms in total.